The van der Waals surface area contributed by atoms with E-state index in [4.69, 9.17) is 20.9 Å². The Bertz CT molecular complexity index is 1090. The lowest BCUT2D eigenvalue weighted by Crippen LogP contribution is -2.07. The highest BCUT2D eigenvalue weighted by atomic mass is 35.5. The topological polar surface area (TPSA) is 83.0 Å². The van der Waals surface area contributed by atoms with Crippen LogP contribution >= 0.6 is 11.6 Å². The Morgan fingerprint density at radius 3 is 2.77 bits per heavy atom. The minimum Gasteiger partial charge on any atom is -0.451 e. The predicted octanol–water partition coefficient (Wildman–Crippen LogP) is 3.63. The standard InChI is InChI=1S/C18H13ClN4O3/c1-23-14-5-3-2-4-13(14)16(21-23)18(24)25-10-15-20-17(22-26-15)11-6-8-12(19)9-7-11/h2-9H,10H2,1H3. The van der Waals surface area contributed by atoms with Crippen LogP contribution in [0, 0.1) is 0 Å². The van der Waals surface area contributed by atoms with E-state index in [1.54, 1.807) is 36.0 Å². The predicted molar refractivity (Wildman–Crippen MR) is 94.6 cm³/mol. The Labute approximate surface area is 153 Å². The van der Waals surface area contributed by atoms with Crippen molar-refractivity contribution >= 4 is 28.5 Å². The molecule has 0 bridgehead atoms. The first kappa shape index (κ1) is 16.3. The molecule has 0 fully saturated rings. The second-order valence-electron chi connectivity index (χ2n) is 5.58. The number of hydrogen-bond acceptors (Lipinski definition) is 6. The van der Waals surface area contributed by atoms with E-state index >= 15 is 0 Å². The maximum Gasteiger partial charge on any atom is 0.360 e. The lowest BCUT2D eigenvalue weighted by Gasteiger charge is -1.99. The van der Waals surface area contributed by atoms with Crippen molar-refractivity contribution in [1.29, 1.82) is 0 Å². The number of nitrogens with zero attached hydrogens (tertiary/aromatic N) is 4. The van der Waals surface area contributed by atoms with Crippen molar-refractivity contribution in [3.8, 4) is 11.4 Å². The molecule has 0 aliphatic carbocycles. The molecule has 0 saturated heterocycles. The molecule has 0 saturated carbocycles. The minimum atomic E-state index is -0.548. The second kappa shape index (κ2) is 6.61. The summed E-state index contributed by atoms with van der Waals surface area (Å²) in [6.45, 7) is -0.135. The van der Waals surface area contributed by atoms with Gasteiger partial charge in [-0.3, -0.25) is 4.68 Å². The summed E-state index contributed by atoms with van der Waals surface area (Å²) < 4.78 is 12.0. The molecule has 0 aliphatic rings. The van der Waals surface area contributed by atoms with E-state index in [2.05, 4.69) is 15.2 Å². The van der Waals surface area contributed by atoms with Gasteiger partial charge >= 0.3 is 5.97 Å². The number of para-hydroxylation sites is 1. The molecule has 2 aromatic carbocycles. The number of rotatable bonds is 4. The summed E-state index contributed by atoms with van der Waals surface area (Å²) in [5, 5.41) is 9.46. The summed E-state index contributed by atoms with van der Waals surface area (Å²) in [5.74, 6) is 0.0487. The molecule has 4 aromatic rings. The van der Waals surface area contributed by atoms with Gasteiger partial charge in [-0.2, -0.15) is 10.1 Å². The van der Waals surface area contributed by atoms with Crippen LogP contribution in [-0.2, 0) is 18.4 Å². The Morgan fingerprint density at radius 1 is 1.19 bits per heavy atom. The molecule has 4 rings (SSSR count). The summed E-state index contributed by atoms with van der Waals surface area (Å²) in [5.41, 5.74) is 1.86. The second-order valence-corrected chi connectivity index (χ2v) is 6.02. The van der Waals surface area contributed by atoms with Crippen molar-refractivity contribution in [2.45, 2.75) is 6.61 Å². The number of ether oxygens (including phenoxy) is 1. The zero-order valence-corrected chi connectivity index (χ0v) is 14.5. The average molecular weight is 369 g/mol. The molecule has 0 spiro atoms. The number of fused-ring (bicyclic) bond motifs is 1. The molecule has 2 heterocycles. The summed E-state index contributed by atoms with van der Waals surface area (Å²) in [6, 6.07) is 14.5. The molecular formula is C18H13ClN4O3. The molecular weight excluding hydrogens is 356 g/mol. The van der Waals surface area contributed by atoms with E-state index in [9.17, 15) is 4.79 Å². The van der Waals surface area contributed by atoms with Gasteiger partial charge in [0, 0.05) is 23.0 Å². The average Bonchev–Trinajstić information content (AvgIpc) is 3.26. The van der Waals surface area contributed by atoms with E-state index < -0.39 is 5.97 Å². The van der Waals surface area contributed by atoms with Crippen molar-refractivity contribution < 1.29 is 14.1 Å². The van der Waals surface area contributed by atoms with E-state index in [0.29, 0.717) is 10.8 Å². The van der Waals surface area contributed by atoms with Crippen molar-refractivity contribution in [3.05, 3.63) is 65.1 Å². The van der Waals surface area contributed by atoms with Gasteiger partial charge in [-0.25, -0.2) is 4.79 Å². The van der Waals surface area contributed by atoms with E-state index in [-0.39, 0.29) is 18.2 Å². The third kappa shape index (κ3) is 3.04. The Morgan fingerprint density at radius 2 is 1.96 bits per heavy atom. The first-order chi connectivity index (χ1) is 12.6. The lowest BCUT2D eigenvalue weighted by molar-refractivity contribution is 0.0424. The molecule has 0 N–H and O–H groups in total. The van der Waals surface area contributed by atoms with Gasteiger partial charge in [0.25, 0.3) is 5.89 Å². The van der Waals surface area contributed by atoms with Crippen LogP contribution in [0.3, 0.4) is 0 Å². The number of carbonyl (C=O) groups excluding carboxylic acids is 1. The maximum atomic E-state index is 12.4. The summed E-state index contributed by atoms with van der Waals surface area (Å²) in [7, 11) is 1.77. The summed E-state index contributed by atoms with van der Waals surface area (Å²) in [4.78, 5) is 16.6. The van der Waals surface area contributed by atoms with Crippen molar-refractivity contribution in [2.75, 3.05) is 0 Å². The first-order valence-corrected chi connectivity index (χ1v) is 8.17. The van der Waals surface area contributed by atoms with Gasteiger partial charge in [0.2, 0.25) is 5.82 Å². The fourth-order valence-electron chi connectivity index (χ4n) is 2.59. The summed E-state index contributed by atoms with van der Waals surface area (Å²) in [6.07, 6.45) is 0. The van der Waals surface area contributed by atoms with Gasteiger partial charge in [-0.05, 0) is 30.3 Å². The Hall–Kier alpha value is -3.19. The lowest BCUT2D eigenvalue weighted by atomic mass is 10.2. The zero-order chi connectivity index (χ0) is 18.1. The van der Waals surface area contributed by atoms with Crippen LogP contribution in [0.15, 0.2) is 53.1 Å². The van der Waals surface area contributed by atoms with E-state index in [0.717, 1.165) is 16.5 Å². The minimum absolute atomic E-state index is 0.135. The maximum absolute atomic E-state index is 12.4. The van der Waals surface area contributed by atoms with E-state index in [1.165, 1.54) is 0 Å². The largest absolute Gasteiger partial charge is 0.451 e. The van der Waals surface area contributed by atoms with Gasteiger partial charge in [-0.15, -0.1) is 0 Å². The third-order valence-electron chi connectivity index (χ3n) is 3.85. The van der Waals surface area contributed by atoms with Crippen LogP contribution in [0.5, 0.6) is 0 Å². The number of aryl methyl sites for hydroxylation is 1. The SMILES string of the molecule is Cn1nc(C(=O)OCc2nc(-c3ccc(Cl)cc3)no2)c2ccccc21. The van der Waals surface area contributed by atoms with Gasteiger partial charge < -0.3 is 9.26 Å². The number of hydrogen-bond donors (Lipinski definition) is 0. The fraction of sp³-hybridized carbons (Fsp3) is 0.111. The molecule has 26 heavy (non-hydrogen) atoms. The number of benzene rings is 2. The van der Waals surface area contributed by atoms with Crippen molar-refractivity contribution in [3.63, 3.8) is 0 Å². The highest BCUT2D eigenvalue weighted by molar-refractivity contribution is 6.30. The number of halogens is 1. The van der Waals surface area contributed by atoms with Crippen molar-refractivity contribution in [1.82, 2.24) is 19.9 Å². The van der Waals surface area contributed by atoms with Gasteiger partial charge in [-0.1, -0.05) is 35.0 Å². The Kier molecular flexibility index (Phi) is 4.14. The molecule has 0 aliphatic heterocycles. The monoisotopic (exact) mass is 368 g/mol. The van der Waals surface area contributed by atoms with Crippen molar-refractivity contribution in [2.24, 2.45) is 7.05 Å². The van der Waals surface area contributed by atoms with Gasteiger partial charge in [0.1, 0.15) is 0 Å². The number of carbonyl (C=O) groups is 1. The Balaban J connectivity index is 1.49. The quantitative estimate of drug-likeness (QED) is 0.511. The van der Waals surface area contributed by atoms with E-state index in [1.807, 2.05) is 24.3 Å². The molecule has 0 radical (unpaired) electrons. The molecule has 0 atom stereocenters. The zero-order valence-electron chi connectivity index (χ0n) is 13.7. The molecule has 130 valence electrons. The van der Waals surface area contributed by atoms with Crippen LogP contribution in [0.25, 0.3) is 22.3 Å². The molecule has 7 nitrogen and oxygen atoms in total. The highest BCUT2D eigenvalue weighted by Crippen LogP contribution is 2.20. The molecule has 0 unspecified atom stereocenters. The number of aromatic nitrogens is 4. The molecule has 0 amide bonds. The van der Waals surface area contributed by atoms with Crippen LogP contribution < -0.4 is 0 Å². The summed E-state index contributed by atoms with van der Waals surface area (Å²) >= 11 is 5.86. The molecule has 8 heteroatoms. The normalized spacial score (nSPS) is 11.0. The first-order valence-electron chi connectivity index (χ1n) is 7.79. The highest BCUT2D eigenvalue weighted by Gasteiger charge is 2.18. The third-order valence-corrected chi connectivity index (χ3v) is 4.10. The number of esters is 1. The van der Waals surface area contributed by atoms with Crippen LogP contribution in [0.1, 0.15) is 16.4 Å². The van der Waals surface area contributed by atoms with Crippen LogP contribution in [0.4, 0.5) is 0 Å². The van der Waals surface area contributed by atoms with Gasteiger partial charge in [0.05, 0.1) is 5.52 Å². The van der Waals surface area contributed by atoms with Crippen LogP contribution in [0.2, 0.25) is 5.02 Å². The van der Waals surface area contributed by atoms with Gasteiger partial charge in [0.15, 0.2) is 12.3 Å². The fourth-order valence-corrected chi connectivity index (χ4v) is 2.72. The molecule has 2 aromatic heterocycles. The smallest absolute Gasteiger partial charge is 0.360 e. The van der Waals surface area contributed by atoms with Crippen LogP contribution in [-0.4, -0.2) is 25.9 Å².